The number of methoxy groups -OCH3 is 1. The molecule has 0 saturated carbocycles. The second-order valence-corrected chi connectivity index (χ2v) is 4.37. The number of carbonyl (C=O) groups excluding carboxylic acids is 2. The highest BCUT2D eigenvalue weighted by atomic mass is 16.5. The highest BCUT2D eigenvalue weighted by molar-refractivity contribution is 5.98. The van der Waals surface area contributed by atoms with Crippen molar-refractivity contribution in [3.63, 3.8) is 0 Å². The molecule has 1 aromatic rings. The van der Waals surface area contributed by atoms with Gasteiger partial charge in [0.25, 0.3) is 11.8 Å². The summed E-state index contributed by atoms with van der Waals surface area (Å²) in [5.41, 5.74) is 0.932. The van der Waals surface area contributed by atoms with Crippen molar-refractivity contribution in [1.29, 1.82) is 0 Å². The molecule has 7 nitrogen and oxygen atoms in total. The van der Waals surface area contributed by atoms with Crippen LogP contribution in [0.15, 0.2) is 18.2 Å². The topological polar surface area (TPSA) is 96.9 Å². The average Bonchev–Trinajstić information content (AvgIpc) is 2.44. The molecule has 1 aromatic carbocycles. The number of rotatable bonds is 5. The van der Waals surface area contributed by atoms with Crippen molar-refractivity contribution >= 4 is 17.5 Å². The minimum absolute atomic E-state index is 0.0649. The number of ether oxygens (including phenoxy) is 2. The van der Waals surface area contributed by atoms with Crippen LogP contribution in [0.3, 0.4) is 0 Å². The van der Waals surface area contributed by atoms with E-state index < -0.39 is 6.10 Å². The molecule has 1 unspecified atom stereocenters. The number of fused-ring (bicyclic) bond motifs is 1. The highest BCUT2D eigenvalue weighted by Crippen LogP contribution is 2.28. The Morgan fingerprint density at radius 3 is 3.15 bits per heavy atom. The van der Waals surface area contributed by atoms with Crippen LogP contribution < -0.4 is 15.4 Å². The van der Waals surface area contributed by atoms with Crippen molar-refractivity contribution in [2.24, 2.45) is 0 Å². The summed E-state index contributed by atoms with van der Waals surface area (Å²) in [6.07, 6.45) is -0.753. The Bertz CT molecular complexity index is 517. The van der Waals surface area contributed by atoms with Gasteiger partial charge in [0.05, 0.1) is 18.4 Å². The van der Waals surface area contributed by atoms with Gasteiger partial charge in [0.15, 0.2) is 6.61 Å². The van der Waals surface area contributed by atoms with Gasteiger partial charge in [0.1, 0.15) is 5.75 Å². The molecule has 0 fully saturated rings. The fraction of sp³-hybridized carbons (Fsp3) is 0.385. The number of aliphatic hydroxyl groups is 1. The number of benzene rings is 1. The van der Waals surface area contributed by atoms with E-state index in [0.29, 0.717) is 17.0 Å². The van der Waals surface area contributed by atoms with Gasteiger partial charge in [0.2, 0.25) is 0 Å². The van der Waals surface area contributed by atoms with Crippen LogP contribution >= 0.6 is 0 Å². The SMILES string of the molecule is COCC(O)CNC(=O)c1ccc2c(c1)OCC(=O)N2. The van der Waals surface area contributed by atoms with E-state index in [4.69, 9.17) is 9.47 Å². The van der Waals surface area contributed by atoms with Crippen LogP contribution in [0.25, 0.3) is 0 Å². The Balaban J connectivity index is 1.99. The molecule has 0 spiro atoms. The van der Waals surface area contributed by atoms with Crippen molar-refractivity contribution in [3.05, 3.63) is 23.8 Å². The van der Waals surface area contributed by atoms with Crippen LogP contribution in [-0.2, 0) is 9.53 Å². The molecular formula is C13H16N2O5. The first-order chi connectivity index (χ1) is 9.60. The van der Waals surface area contributed by atoms with Gasteiger partial charge in [-0.15, -0.1) is 0 Å². The van der Waals surface area contributed by atoms with Crippen molar-refractivity contribution in [1.82, 2.24) is 5.32 Å². The third kappa shape index (κ3) is 3.46. The number of hydrogen-bond donors (Lipinski definition) is 3. The molecule has 0 bridgehead atoms. The summed E-state index contributed by atoms with van der Waals surface area (Å²) in [6.45, 7) is 0.186. The molecule has 1 heterocycles. The molecule has 3 N–H and O–H groups in total. The smallest absolute Gasteiger partial charge is 0.262 e. The lowest BCUT2D eigenvalue weighted by Crippen LogP contribution is -2.34. The zero-order valence-electron chi connectivity index (χ0n) is 11.0. The summed E-state index contributed by atoms with van der Waals surface area (Å²) >= 11 is 0. The zero-order valence-corrected chi connectivity index (χ0v) is 11.0. The molecule has 2 rings (SSSR count). The third-order valence-corrected chi connectivity index (χ3v) is 2.73. The summed E-state index contributed by atoms with van der Waals surface area (Å²) in [7, 11) is 1.47. The quantitative estimate of drug-likeness (QED) is 0.691. The molecule has 0 radical (unpaired) electrons. The summed E-state index contributed by atoms with van der Waals surface area (Å²) in [5.74, 6) is -0.101. The van der Waals surface area contributed by atoms with Gasteiger partial charge in [0, 0.05) is 19.2 Å². The molecule has 1 aliphatic heterocycles. The number of hydrogen-bond acceptors (Lipinski definition) is 5. The van der Waals surface area contributed by atoms with Crippen LogP contribution in [0.5, 0.6) is 5.75 Å². The van der Waals surface area contributed by atoms with Gasteiger partial charge in [-0.3, -0.25) is 9.59 Å². The average molecular weight is 280 g/mol. The van der Waals surface area contributed by atoms with Gasteiger partial charge in [-0.05, 0) is 18.2 Å². The minimum Gasteiger partial charge on any atom is -0.482 e. The third-order valence-electron chi connectivity index (χ3n) is 2.73. The van der Waals surface area contributed by atoms with Crippen molar-refractivity contribution in [3.8, 4) is 5.75 Å². The van der Waals surface area contributed by atoms with Gasteiger partial charge >= 0.3 is 0 Å². The van der Waals surface area contributed by atoms with Crippen molar-refractivity contribution in [2.45, 2.75) is 6.10 Å². The molecule has 20 heavy (non-hydrogen) atoms. The number of anilines is 1. The fourth-order valence-corrected chi connectivity index (χ4v) is 1.78. The molecule has 2 amide bonds. The van der Waals surface area contributed by atoms with E-state index in [1.165, 1.54) is 7.11 Å². The summed E-state index contributed by atoms with van der Waals surface area (Å²) in [4.78, 5) is 23.0. The first-order valence-electron chi connectivity index (χ1n) is 6.12. The lowest BCUT2D eigenvalue weighted by molar-refractivity contribution is -0.118. The number of amides is 2. The lowest BCUT2D eigenvalue weighted by atomic mass is 10.1. The van der Waals surface area contributed by atoms with Gasteiger partial charge in [-0.25, -0.2) is 0 Å². The normalized spacial score (nSPS) is 14.8. The second kappa shape index (κ2) is 6.36. The maximum atomic E-state index is 11.9. The van der Waals surface area contributed by atoms with Crippen LogP contribution in [0.1, 0.15) is 10.4 Å². The minimum atomic E-state index is -0.753. The molecule has 0 saturated heterocycles. The maximum Gasteiger partial charge on any atom is 0.262 e. The molecule has 0 aromatic heterocycles. The number of carbonyl (C=O) groups is 2. The molecular weight excluding hydrogens is 264 g/mol. The van der Waals surface area contributed by atoms with E-state index in [-0.39, 0.29) is 31.6 Å². The lowest BCUT2D eigenvalue weighted by Gasteiger charge is -2.18. The Morgan fingerprint density at radius 2 is 2.40 bits per heavy atom. The molecule has 1 aliphatic rings. The van der Waals surface area contributed by atoms with Gasteiger partial charge in [-0.2, -0.15) is 0 Å². The van der Waals surface area contributed by atoms with Crippen LogP contribution in [0.4, 0.5) is 5.69 Å². The van der Waals surface area contributed by atoms with E-state index in [9.17, 15) is 14.7 Å². The summed E-state index contributed by atoms with van der Waals surface area (Å²) in [6, 6.07) is 4.73. The molecule has 0 aliphatic carbocycles. The fourth-order valence-electron chi connectivity index (χ4n) is 1.78. The monoisotopic (exact) mass is 280 g/mol. The van der Waals surface area contributed by atoms with Gasteiger partial charge < -0.3 is 25.2 Å². The number of aliphatic hydroxyl groups excluding tert-OH is 1. The second-order valence-electron chi connectivity index (χ2n) is 4.37. The number of nitrogens with one attached hydrogen (secondary N) is 2. The van der Waals surface area contributed by atoms with E-state index in [1.807, 2.05) is 0 Å². The predicted molar refractivity (Wildman–Crippen MR) is 70.8 cm³/mol. The van der Waals surface area contributed by atoms with Crippen LogP contribution in [-0.4, -0.2) is 49.9 Å². The highest BCUT2D eigenvalue weighted by Gasteiger charge is 2.18. The van der Waals surface area contributed by atoms with E-state index in [0.717, 1.165) is 0 Å². The molecule has 1 atom stereocenters. The van der Waals surface area contributed by atoms with Crippen molar-refractivity contribution < 1.29 is 24.2 Å². The standard InChI is InChI=1S/C13H16N2O5/c1-19-6-9(16)5-14-13(18)8-2-3-10-11(4-8)20-7-12(17)15-10/h2-4,9,16H,5-7H2,1H3,(H,14,18)(H,15,17). The zero-order chi connectivity index (χ0) is 14.5. The van der Waals surface area contributed by atoms with Crippen LogP contribution in [0.2, 0.25) is 0 Å². The Hall–Kier alpha value is -2.12. The van der Waals surface area contributed by atoms with Crippen molar-refractivity contribution in [2.75, 3.05) is 32.2 Å². The van der Waals surface area contributed by atoms with E-state index >= 15 is 0 Å². The summed E-state index contributed by atoms with van der Waals surface area (Å²) in [5, 5.41) is 14.7. The van der Waals surface area contributed by atoms with Gasteiger partial charge in [-0.1, -0.05) is 0 Å². The maximum absolute atomic E-state index is 11.9. The van der Waals surface area contributed by atoms with E-state index in [2.05, 4.69) is 10.6 Å². The largest absolute Gasteiger partial charge is 0.482 e. The van der Waals surface area contributed by atoms with Crippen LogP contribution in [0, 0.1) is 0 Å². The van der Waals surface area contributed by atoms with E-state index in [1.54, 1.807) is 18.2 Å². The molecule has 7 heteroatoms. The predicted octanol–water partition coefficient (Wildman–Crippen LogP) is -0.245. The Labute approximate surface area is 115 Å². The first-order valence-corrected chi connectivity index (χ1v) is 6.12. The Morgan fingerprint density at radius 1 is 1.60 bits per heavy atom. The summed E-state index contributed by atoms with van der Waals surface area (Å²) < 4.78 is 9.99. The first kappa shape index (κ1) is 14.3. The molecule has 108 valence electrons. The Kier molecular flexibility index (Phi) is 4.54.